The highest BCUT2D eigenvalue weighted by molar-refractivity contribution is 5.85. The highest BCUT2D eigenvalue weighted by atomic mass is 35.5. The molecule has 0 amide bonds. The van der Waals surface area contributed by atoms with Gasteiger partial charge in [-0.1, -0.05) is 60.7 Å². The average molecular weight is 357 g/mol. The quantitative estimate of drug-likeness (QED) is 0.713. The van der Waals surface area contributed by atoms with Crippen LogP contribution in [0, 0.1) is 0 Å². The summed E-state index contributed by atoms with van der Waals surface area (Å²) in [6.45, 7) is 0. The Kier molecular flexibility index (Phi) is 10.9. The van der Waals surface area contributed by atoms with Crippen molar-refractivity contribution in [1.82, 2.24) is 0 Å². The molecule has 0 aliphatic carbocycles. The van der Waals surface area contributed by atoms with Crippen molar-refractivity contribution in [3.63, 3.8) is 0 Å². The van der Waals surface area contributed by atoms with Gasteiger partial charge in [0.15, 0.2) is 0 Å². The zero-order chi connectivity index (χ0) is 15.1. The second-order valence-electron chi connectivity index (χ2n) is 5.61. The topological polar surface area (TPSA) is 72.3 Å². The molecule has 3 nitrogen and oxygen atoms in total. The molecule has 5 heteroatoms. The lowest BCUT2D eigenvalue weighted by molar-refractivity contribution is 0.126. The lowest BCUT2D eigenvalue weighted by Crippen LogP contribution is -2.41. The maximum absolute atomic E-state index is 10.2. The molecule has 2 aromatic rings. The van der Waals surface area contributed by atoms with Crippen LogP contribution in [0.2, 0.25) is 0 Å². The van der Waals surface area contributed by atoms with Crippen molar-refractivity contribution in [1.29, 1.82) is 0 Å². The van der Waals surface area contributed by atoms with Gasteiger partial charge in [0.05, 0.1) is 6.10 Å². The third-order valence-corrected chi connectivity index (χ3v) is 3.69. The number of nitrogens with two attached hydrogens (primary N) is 2. The highest BCUT2D eigenvalue weighted by Crippen LogP contribution is 2.10. The molecule has 0 aliphatic rings. The van der Waals surface area contributed by atoms with E-state index < -0.39 is 6.10 Å². The van der Waals surface area contributed by atoms with Crippen LogP contribution in [0.25, 0.3) is 0 Å². The largest absolute Gasteiger partial charge is 0.391 e. The summed E-state index contributed by atoms with van der Waals surface area (Å²) >= 11 is 0. The van der Waals surface area contributed by atoms with Gasteiger partial charge in [-0.2, -0.15) is 0 Å². The van der Waals surface area contributed by atoms with Gasteiger partial charge in [0.25, 0.3) is 0 Å². The van der Waals surface area contributed by atoms with E-state index in [0.29, 0.717) is 12.8 Å². The lowest BCUT2D eigenvalue weighted by Gasteiger charge is -2.22. The number of benzene rings is 2. The third kappa shape index (κ3) is 7.82. The summed E-state index contributed by atoms with van der Waals surface area (Å²) in [4.78, 5) is 0. The minimum Gasteiger partial charge on any atom is -0.391 e. The van der Waals surface area contributed by atoms with E-state index in [1.165, 1.54) is 5.56 Å². The molecule has 128 valence electrons. The molecule has 5 N–H and O–H groups in total. The van der Waals surface area contributed by atoms with Crippen molar-refractivity contribution < 1.29 is 5.11 Å². The van der Waals surface area contributed by atoms with Gasteiger partial charge in [-0.05, 0) is 30.4 Å². The first-order valence-electron chi connectivity index (χ1n) is 7.42. The summed E-state index contributed by atoms with van der Waals surface area (Å²) in [6, 6.07) is 19.7. The zero-order valence-corrected chi connectivity index (χ0v) is 14.7. The van der Waals surface area contributed by atoms with Crippen LogP contribution in [-0.4, -0.2) is 23.3 Å². The molecule has 0 radical (unpaired) electrons. The second-order valence-corrected chi connectivity index (χ2v) is 5.61. The molecule has 0 aliphatic heterocycles. The van der Waals surface area contributed by atoms with Gasteiger partial charge in [0, 0.05) is 12.1 Å². The van der Waals surface area contributed by atoms with Crippen molar-refractivity contribution in [2.45, 2.75) is 37.5 Å². The number of hydrogen-bond donors (Lipinski definition) is 3. The predicted molar refractivity (Wildman–Crippen MR) is 101 cm³/mol. The summed E-state index contributed by atoms with van der Waals surface area (Å²) in [6.07, 6.45) is 1.36. The Morgan fingerprint density at radius 1 is 0.739 bits per heavy atom. The van der Waals surface area contributed by atoms with Crippen LogP contribution >= 0.6 is 24.8 Å². The van der Waals surface area contributed by atoms with E-state index >= 15 is 0 Å². The van der Waals surface area contributed by atoms with Crippen molar-refractivity contribution in [3.05, 3.63) is 71.8 Å². The molecule has 0 fully saturated rings. The van der Waals surface area contributed by atoms with E-state index in [2.05, 4.69) is 12.1 Å². The zero-order valence-electron chi connectivity index (χ0n) is 13.0. The number of hydrogen-bond acceptors (Lipinski definition) is 3. The van der Waals surface area contributed by atoms with Gasteiger partial charge in [0.2, 0.25) is 0 Å². The first kappa shape index (κ1) is 21.9. The van der Waals surface area contributed by atoms with Crippen LogP contribution in [0.3, 0.4) is 0 Å². The Labute approximate surface area is 150 Å². The number of halogens is 2. The Hall–Kier alpha value is -1.10. The molecule has 0 aromatic heterocycles. The molecule has 0 saturated heterocycles. The van der Waals surface area contributed by atoms with Gasteiger partial charge >= 0.3 is 0 Å². The molecule has 3 atom stereocenters. The number of aliphatic hydroxyl groups is 1. The molecule has 2 rings (SSSR count). The highest BCUT2D eigenvalue weighted by Gasteiger charge is 2.18. The average Bonchev–Trinajstić information content (AvgIpc) is 2.49. The Morgan fingerprint density at radius 3 is 1.65 bits per heavy atom. The summed E-state index contributed by atoms with van der Waals surface area (Å²) in [7, 11) is 0. The monoisotopic (exact) mass is 356 g/mol. The Bertz CT molecular complexity index is 525. The molecule has 0 saturated carbocycles. The van der Waals surface area contributed by atoms with Crippen LogP contribution < -0.4 is 11.5 Å². The van der Waals surface area contributed by atoms with Crippen LogP contribution in [0.5, 0.6) is 0 Å². The van der Waals surface area contributed by atoms with Gasteiger partial charge in [-0.15, -0.1) is 24.8 Å². The van der Waals surface area contributed by atoms with E-state index in [1.54, 1.807) is 0 Å². The van der Waals surface area contributed by atoms with Crippen molar-refractivity contribution in [2.75, 3.05) is 0 Å². The molecule has 0 bridgehead atoms. The van der Waals surface area contributed by atoms with Crippen LogP contribution in [0.4, 0.5) is 0 Å². The van der Waals surface area contributed by atoms with E-state index in [-0.39, 0.29) is 36.9 Å². The fourth-order valence-corrected chi connectivity index (χ4v) is 2.51. The summed E-state index contributed by atoms with van der Waals surface area (Å²) in [5, 5.41) is 10.2. The van der Waals surface area contributed by atoms with Crippen molar-refractivity contribution >= 4 is 24.8 Å². The van der Waals surface area contributed by atoms with Crippen molar-refractivity contribution in [2.24, 2.45) is 11.5 Å². The van der Waals surface area contributed by atoms with Gasteiger partial charge in [0.1, 0.15) is 0 Å². The van der Waals surface area contributed by atoms with Gasteiger partial charge < -0.3 is 16.6 Å². The molecule has 0 heterocycles. The second kappa shape index (κ2) is 11.4. The number of rotatable bonds is 7. The third-order valence-electron chi connectivity index (χ3n) is 3.69. The maximum atomic E-state index is 10.2. The summed E-state index contributed by atoms with van der Waals surface area (Å²) < 4.78 is 0. The maximum Gasteiger partial charge on any atom is 0.0709 e. The Balaban J connectivity index is 0.00000242. The summed E-state index contributed by atoms with van der Waals surface area (Å²) in [5.41, 5.74) is 14.5. The molecule has 0 unspecified atom stereocenters. The SMILES string of the molecule is Cl.Cl.N[C@@H](Cc1ccccc1)C[C@H](O)[C@@H](N)Cc1ccccc1. The fraction of sp³-hybridized carbons (Fsp3) is 0.333. The van der Waals surface area contributed by atoms with E-state index in [1.807, 2.05) is 48.5 Å². The Morgan fingerprint density at radius 2 is 1.17 bits per heavy atom. The van der Waals surface area contributed by atoms with E-state index in [0.717, 1.165) is 12.0 Å². The lowest BCUT2D eigenvalue weighted by atomic mass is 9.95. The minimum atomic E-state index is -0.580. The van der Waals surface area contributed by atoms with E-state index in [4.69, 9.17) is 11.5 Å². The first-order valence-corrected chi connectivity index (χ1v) is 7.42. The van der Waals surface area contributed by atoms with Gasteiger partial charge in [-0.25, -0.2) is 0 Å². The standard InChI is InChI=1S/C18H24N2O.2ClH/c19-16(11-14-7-3-1-4-8-14)13-18(21)17(20)12-15-9-5-2-6-10-15;;/h1-10,16-18,21H,11-13,19-20H2;2*1H/t16-,17-,18-;;/m0../s1. The minimum absolute atomic E-state index is 0. The smallest absolute Gasteiger partial charge is 0.0709 e. The normalized spacial score (nSPS) is 14.0. The molecule has 0 spiro atoms. The van der Waals surface area contributed by atoms with Crippen LogP contribution in [0.15, 0.2) is 60.7 Å². The predicted octanol–water partition coefficient (Wildman–Crippen LogP) is 2.72. The van der Waals surface area contributed by atoms with Gasteiger partial charge in [-0.3, -0.25) is 0 Å². The van der Waals surface area contributed by atoms with E-state index in [9.17, 15) is 5.11 Å². The molecule has 23 heavy (non-hydrogen) atoms. The molecular weight excluding hydrogens is 331 g/mol. The molecule has 2 aromatic carbocycles. The number of aliphatic hydroxyl groups excluding tert-OH is 1. The summed E-state index contributed by atoms with van der Waals surface area (Å²) in [5.74, 6) is 0. The van der Waals surface area contributed by atoms with Crippen LogP contribution in [0.1, 0.15) is 17.5 Å². The first-order chi connectivity index (χ1) is 10.1. The fourth-order valence-electron chi connectivity index (χ4n) is 2.51. The molecular formula is C18H26Cl2N2O. The van der Waals surface area contributed by atoms with Crippen LogP contribution in [-0.2, 0) is 12.8 Å². The van der Waals surface area contributed by atoms with Crippen molar-refractivity contribution in [3.8, 4) is 0 Å².